The van der Waals surface area contributed by atoms with Gasteiger partial charge in [0.05, 0.1) is 6.26 Å². The third-order valence-corrected chi connectivity index (χ3v) is 6.29. The molecule has 184 valence electrons. The van der Waals surface area contributed by atoms with Crippen molar-refractivity contribution < 1.29 is 17.9 Å². The van der Waals surface area contributed by atoms with Gasteiger partial charge in [-0.1, -0.05) is 0 Å². The Bertz CT molecular complexity index is 1220. The Balaban J connectivity index is 0.00000324. The van der Waals surface area contributed by atoms with Gasteiger partial charge in [0.2, 0.25) is 10.0 Å². The Kier molecular flexibility index (Phi) is 8.29. The van der Waals surface area contributed by atoms with E-state index in [1.54, 1.807) is 12.1 Å². The lowest BCUT2D eigenvalue weighted by atomic mass is 10.1. The Morgan fingerprint density at radius 3 is 2.47 bits per heavy atom. The first kappa shape index (κ1) is 25.7. The van der Waals surface area contributed by atoms with Crippen molar-refractivity contribution in [3.63, 3.8) is 0 Å². The summed E-state index contributed by atoms with van der Waals surface area (Å²) in [6.07, 6.45) is 3.86. The minimum atomic E-state index is -3.30. The number of benzene rings is 2. The molecule has 1 aliphatic heterocycles. The number of rotatable bonds is 8. The maximum absolute atomic E-state index is 12.7. The van der Waals surface area contributed by atoms with Crippen LogP contribution in [-0.2, 0) is 21.2 Å². The Morgan fingerprint density at radius 1 is 1.12 bits per heavy atom. The molecule has 4 rings (SSSR count). The van der Waals surface area contributed by atoms with Gasteiger partial charge in [0, 0.05) is 54.7 Å². The van der Waals surface area contributed by atoms with Crippen LogP contribution in [0.25, 0.3) is 10.9 Å². The fourth-order valence-electron chi connectivity index (χ4n) is 4.01. The predicted molar refractivity (Wildman–Crippen MR) is 138 cm³/mol. The van der Waals surface area contributed by atoms with E-state index in [1.807, 2.05) is 41.4 Å². The van der Waals surface area contributed by atoms with E-state index in [9.17, 15) is 13.2 Å². The van der Waals surface area contributed by atoms with Gasteiger partial charge in [-0.3, -0.25) is 9.52 Å². The number of hydrogen-bond acceptors (Lipinski definition) is 6. The van der Waals surface area contributed by atoms with Crippen LogP contribution in [0, 0.1) is 0 Å². The fraction of sp³-hybridized carbons (Fsp3) is 0.348. The minimum Gasteiger partial charge on any atom is -0.484 e. The number of anilines is 2. The summed E-state index contributed by atoms with van der Waals surface area (Å²) < 4.78 is 30.9. The number of carbonyl (C=O) groups is 1. The molecule has 9 nitrogen and oxygen atoms in total. The van der Waals surface area contributed by atoms with Crippen LogP contribution in [0.5, 0.6) is 5.75 Å². The first-order chi connectivity index (χ1) is 15.8. The number of halogens is 1. The third kappa shape index (κ3) is 6.34. The highest BCUT2D eigenvalue weighted by molar-refractivity contribution is 7.92. The highest BCUT2D eigenvalue weighted by Crippen LogP contribution is 2.24. The number of aromatic amines is 1. The van der Waals surface area contributed by atoms with Crippen molar-refractivity contribution in [2.45, 2.75) is 6.42 Å². The first-order valence-corrected chi connectivity index (χ1v) is 12.7. The molecule has 3 aromatic rings. The second-order valence-corrected chi connectivity index (χ2v) is 9.89. The molecule has 0 unspecified atom stereocenters. The normalized spacial score (nSPS) is 14.1. The molecule has 11 heteroatoms. The summed E-state index contributed by atoms with van der Waals surface area (Å²) in [6, 6.07) is 13.0. The van der Waals surface area contributed by atoms with Crippen LogP contribution in [0.1, 0.15) is 5.56 Å². The number of piperazine rings is 1. The van der Waals surface area contributed by atoms with Gasteiger partial charge in [-0.25, -0.2) is 8.42 Å². The number of ether oxygens (including phenoxy) is 1. The van der Waals surface area contributed by atoms with Crippen LogP contribution in [0.4, 0.5) is 11.4 Å². The van der Waals surface area contributed by atoms with Gasteiger partial charge < -0.3 is 25.3 Å². The van der Waals surface area contributed by atoms with Crippen molar-refractivity contribution in [1.82, 2.24) is 9.88 Å². The summed E-state index contributed by atoms with van der Waals surface area (Å²) in [5.41, 5.74) is 9.36. The second kappa shape index (κ2) is 11.0. The van der Waals surface area contributed by atoms with Crippen molar-refractivity contribution >= 4 is 50.6 Å². The Labute approximate surface area is 205 Å². The van der Waals surface area contributed by atoms with Crippen molar-refractivity contribution in [3.8, 4) is 5.75 Å². The number of amides is 1. The number of hydrogen-bond donors (Lipinski definition) is 3. The van der Waals surface area contributed by atoms with E-state index in [-0.39, 0.29) is 24.9 Å². The maximum atomic E-state index is 12.7. The van der Waals surface area contributed by atoms with E-state index in [2.05, 4.69) is 14.6 Å². The summed E-state index contributed by atoms with van der Waals surface area (Å²) in [4.78, 5) is 19.9. The monoisotopic (exact) mass is 507 g/mol. The molecule has 1 saturated heterocycles. The number of fused-ring (bicyclic) bond motifs is 1. The summed E-state index contributed by atoms with van der Waals surface area (Å²) >= 11 is 0. The molecular formula is C23H30ClN5O4S. The molecule has 2 heterocycles. The number of aromatic nitrogens is 1. The third-order valence-electron chi connectivity index (χ3n) is 5.68. The molecule has 0 spiro atoms. The van der Waals surface area contributed by atoms with Crippen molar-refractivity contribution in [3.05, 3.63) is 54.2 Å². The van der Waals surface area contributed by atoms with Gasteiger partial charge in [-0.15, -0.1) is 12.4 Å². The topological polar surface area (TPSA) is 121 Å². The molecule has 0 bridgehead atoms. The summed E-state index contributed by atoms with van der Waals surface area (Å²) in [5, 5.41) is 1.07. The van der Waals surface area contributed by atoms with Crippen molar-refractivity contribution in [2.75, 3.05) is 55.2 Å². The minimum absolute atomic E-state index is 0. The molecular weight excluding hydrogens is 478 g/mol. The molecule has 1 aromatic heterocycles. The number of nitrogens with one attached hydrogen (secondary N) is 2. The molecule has 0 radical (unpaired) electrons. The van der Waals surface area contributed by atoms with Crippen molar-refractivity contribution in [2.24, 2.45) is 5.73 Å². The van der Waals surface area contributed by atoms with Crippen molar-refractivity contribution in [1.29, 1.82) is 0 Å². The molecule has 2 aromatic carbocycles. The second-order valence-electron chi connectivity index (χ2n) is 8.14. The fourth-order valence-corrected chi connectivity index (χ4v) is 4.58. The van der Waals surface area contributed by atoms with Crippen LogP contribution in [0.15, 0.2) is 48.7 Å². The largest absolute Gasteiger partial charge is 0.484 e. The van der Waals surface area contributed by atoms with Gasteiger partial charge in [-0.2, -0.15) is 0 Å². The van der Waals surface area contributed by atoms with Crippen LogP contribution >= 0.6 is 12.4 Å². The lowest BCUT2D eigenvalue weighted by Crippen LogP contribution is -2.50. The molecule has 0 aliphatic carbocycles. The first-order valence-electron chi connectivity index (χ1n) is 10.9. The number of H-pyrrole nitrogens is 1. The zero-order valence-electron chi connectivity index (χ0n) is 19.0. The zero-order chi connectivity index (χ0) is 23.4. The SMILES string of the molecule is CS(=O)(=O)Nc1ccc(N2CCN(C(=O)COc3ccc4[nH]cc(CCN)c4c3)CC2)cc1.Cl. The molecule has 1 amide bonds. The summed E-state index contributed by atoms with van der Waals surface area (Å²) in [7, 11) is -3.30. The van der Waals surface area contributed by atoms with E-state index in [0.717, 1.165) is 34.8 Å². The molecule has 34 heavy (non-hydrogen) atoms. The zero-order valence-corrected chi connectivity index (χ0v) is 20.6. The molecule has 1 aliphatic rings. The van der Waals surface area contributed by atoms with Crippen LogP contribution in [0.3, 0.4) is 0 Å². The van der Waals surface area contributed by atoms with Crippen LogP contribution in [-0.4, -0.2) is 69.8 Å². The number of nitrogens with zero attached hydrogens (tertiary/aromatic N) is 2. The highest BCUT2D eigenvalue weighted by atomic mass is 35.5. The molecule has 1 fully saturated rings. The molecule has 0 atom stereocenters. The predicted octanol–water partition coefficient (Wildman–Crippen LogP) is 2.19. The summed E-state index contributed by atoms with van der Waals surface area (Å²) in [6.45, 7) is 3.16. The summed E-state index contributed by atoms with van der Waals surface area (Å²) in [5.74, 6) is 0.619. The van der Waals surface area contributed by atoms with Gasteiger partial charge >= 0.3 is 0 Å². The lowest BCUT2D eigenvalue weighted by Gasteiger charge is -2.36. The van der Waals surface area contributed by atoms with Gasteiger partial charge in [0.25, 0.3) is 5.91 Å². The molecule has 0 saturated carbocycles. The van der Waals surface area contributed by atoms with Gasteiger partial charge in [-0.05, 0) is 61.0 Å². The number of sulfonamides is 1. The van der Waals surface area contributed by atoms with Crippen LogP contribution < -0.4 is 20.1 Å². The number of nitrogens with two attached hydrogens (primary N) is 1. The van der Waals surface area contributed by atoms with Gasteiger partial charge in [0.15, 0.2) is 6.61 Å². The standard InChI is InChI=1S/C23H29N5O4S.ClH/c1-33(30,31)26-18-2-4-19(5-3-18)27-10-12-28(13-11-27)23(29)16-32-20-6-7-22-21(14-20)17(8-9-24)15-25-22;/h2-7,14-15,25-26H,8-13,16,24H2,1H3;1H. The number of carbonyl (C=O) groups excluding carboxylic acids is 1. The van der Waals surface area contributed by atoms with E-state index >= 15 is 0 Å². The van der Waals surface area contributed by atoms with E-state index in [0.29, 0.717) is 44.2 Å². The average Bonchev–Trinajstić information content (AvgIpc) is 3.19. The van der Waals surface area contributed by atoms with Gasteiger partial charge in [0.1, 0.15) is 5.75 Å². The van der Waals surface area contributed by atoms with E-state index < -0.39 is 10.0 Å². The van der Waals surface area contributed by atoms with Crippen LogP contribution in [0.2, 0.25) is 0 Å². The molecule has 4 N–H and O–H groups in total. The lowest BCUT2D eigenvalue weighted by molar-refractivity contribution is -0.133. The smallest absolute Gasteiger partial charge is 0.260 e. The highest BCUT2D eigenvalue weighted by Gasteiger charge is 2.22. The van der Waals surface area contributed by atoms with E-state index in [1.165, 1.54) is 0 Å². The Hall–Kier alpha value is -2.95. The maximum Gasteiger partial charge on any atom is 0.260 e. The Morgan fingerprint density at radius 2 is 1.82 bits per heavy atom. The average molecular weight is 508 g/mol. The quantitative estimate of drug-likeness (QED) is 0.430. The van der Waals surface area contributed by atoms with E-state index in [4.69, 9.17) is 10.5 Å².